The van der Waals surface area contributed by atoms with Crippen LogP contribution in [0.15, 0.2) is 0 Å². The van der Waals surface area contributed by atoms with Crippen molar-refractivity contribution in [1.82, 2.24) is 4.90 Å². The van der Waals surface area contributed by atoms with E-state index in [1.807, 2.05) is 0 Å². The minimum absolute atomic E-state index is 0.911. The van der Waals surface area contributed by atoms with Crippen LogP contribution in [0.1, 0.15) is 27.2 Å². The number of rotatable bonds is 1. The highest BCUT2D eigenvalue weighted by molar-refractivity contribution is 4.73. The van der Waals surface area contributed by atoms with Gasteiger partial charge in [-0.3, -0.25) is 0 Å². The van der Waals surface area contributed by atoms with E-state index in [4.69, 9.17) is 0 Å². The van der Waals surface area contributed by atoms with Crippen LogP contribution in [0.5, 0.6) is 0 Å². The molecule has 0 N–H and O–H groups in total. The molecule has 0 spiro atoms. The first-order valence-electron chi connectivity index (χ1n) is 4.46. The van der Waals surface area contributed by atoms with E-state index in [-0.39, 0.29) is 0 Å². The van der Waals surface area contributed by atoms with Gasteiger partial charge in [0.1, 0.15) is 0 Å². The third-order valence-corrected chi connectivity index (χ3v) is 2.87. The minimum atomic E-state index is 0.911. The lowest BCUT2D eigenvalue weighted by molar-refractivity contribution is 0.145. The second-order valence-corrected chi connectivity index (χ2v) is 3.64. The molecule has 1 fully saturated rings. The first-order valence-corrected chi connectivity index (χ1v) is 4.46. The van der Waals surface area contributed by atoms with Gasteiger partial charge in [-0.2, -0.15) is 0 Å². The molecule has 0 saturated carbocycles. The van der Waals surface area contributed by atoms with E-state index in [2.05, 4.69) is 25.7 Å². The molecule has 2 atom stereocenters. The van der Waals surface area contributed by atoms with Gasteiger partial charge < -0.3 is 4.90 Å². The van der Waals surface area contributed by atoms with Gasteiger partial charge in [0.25, 0.3) is 0 Å². The van der Waals surface area contributed by atoms with E-state index in [1.165, 1.54) is 26.1 Å². The lowest BCUT2D eigenvalue weighted by atomic mass is 9.89. The summed E-state index contributed by atoms with van der Waals surface area (Å²) in [5.41, 5.74) is 0. The van der Waals surface area contributed by atoms with Crippen molar-refractivity contribution >= 4 is 0 Å². The second kappa shape index (κ2) is 3.38. The summed E-state index contributed by atoms with van der Waals surface area (Å²) < 4.78 is 0. The Labute approximate surface area is 64.4 Å². The fraction of sp³-hybridized carbons (Fsp3) is 1.00. The first kappa shape index (κ1) is 8.06. The predicted molar refractivity (Wildman–Crippen MR) is 45.1 cm³/mol. The molecule has 0 aromatic rings. The Hall–Kier alpha value is -0.0400. The molecule has 1 heterocycles. The van der Waals surface area contributed by atoms with Gasteiger partial charge in [0.15, 0.2) is 0 Å². The Bertz CT molecular complexity index is 101. The molecule has 0 aliphatic carbocycles. The summed E-state index contributed by atoms with van der Waals surface area (Å²) in [6.07, 6.45) is 1.40. The number of nitrogens with zero attached hydrogens (tertiary/aromatic N) is 1. The molecule has 0 aromatic carbocycles. The van der Waals surface area contributed by atoms with Crippen LogP contribution in [-0.4, -0.2) is 24.5 Å². The van der Waals surface area contributed by atoms with Gasteiger partial charge in [0, 0.05) is 6.54 Å². The van der Waals surface area contributed by atoms with Gasteiger partial charge in [-0.15, -0.1) is 0 Å². The van der Waals surface area contributed by atoms with Crippen molar-refractivity contribution in [1.29, 1.82) is 0 Å². The molecule has 60 valence electrons. The van der Waals surface area contributed by atoms with Crippen LogP contribution in [0.25, 0.3) is 0 Å². The van der Waals surface area contributed by atoms with E-state index in [9.17, 15) is 0 Å². The maximum atomic E-state index is 2.55. The van der Waals surface area contributed by atoms with E-state index < -0.39 is 0 Å². The summed E-state index contributed by atoms with van der Waals surface area (Å²) in [5, 5.41) is 0. The molecule has 1 saturated heterocycles. The molecule has 10 heavy (non-hydrogen) atoms. The number of piperidine rings is 1. The van der Waals surface area contributed by atoms with E-state index >= 15 is 0 Å². The zero-order chi connectivity index (χ0) is 7.56. The molecule has 0 amide bonds. The van der Waals surface area contributed by atoms with Gasteiger partial charge >= 0.3 is 0 Å². The Morgan fingerprint density at radius 3 is 2.50 bits per heavy atom. The van der Waals surface area contributed by atoms with Crippen LogP contribution in [0, 0.1) is 11.8 Å². The van der Waals surface area contributed by atoms with Gasteiger partial charge in [-0.1, -0.05) is 20.8 Å². The van der Waals surface area contributed by atoms with Crippen molar-refractivity contribution in [3.63, 3.8) is 0 Å². The van der Waals surface area contributed by atoms with Gasteiger partial charge in [-0.25, -0.2) is 0 Å². The summed E-state index contributed by atoms with van der Waals surface area (Å²) in [4.78, 5) is 2.55. The summed E-state index contributed by atoms with van der Waals surface area (Å²) in [7, 11) is 0. The van der Waals surface area contributed by atoms with Crippen LogP contribution in [-0.2, 0) is 0 Å². The largest absolute Gasteiger partial charge is 0.303 e. The van der Waals surface area contributed by atoms with Crippen LogP contribution in [0.3, 0.4) is 0 Å². The minimum Gasteiger partial charge on any atom is -0.303 e. The molecule has 1 rings (SSSR count). The van der Waals surface area contributed by atoms with Crippen molar-refractivity contribution in [2.45, 2.75) is 27.2 Å². The van der Waals surface area contributed by atoms with Crippen LogP contribution in [0.4, 0.5) is 0 Å². The number of likely N-dealkylation sites (tertiary alicyclic amines) is 1. The number of hydrogen-bond donors (Lipinski definition) is 0. The van der Waals surface area contributed by atoms with E-state index in [0.717, 1.165) is 11.8 Å². The maximum absolute atomic E-state index is 2.55. The van der Waals surface area contributed by atoms with Crippen LogP contribution in [0.2, 0.25) is 0 Å². The molecule has 1 aliphatic rings. The monoisotopic (exact) mass is 141 g/mol. The zero-order valence-electron chi connectivity index (χ0n) is 7.43. The van der Waals surface area contributed by atoms with Gasteiger partial charge in [-0.05, 0) is 31.3 Å². The van der Waals surface area contributed by atoms with E-state index in [1.54, 1.807) is 0 Å². The van der Waals surface area contributed by atoms with Crippen molar-refractivity contribution < 1.29 is 0 Å². The Balaban J connectivity index is 2.33. The topological polar surface area (TPSA) is 3.24 Å². The van der Waals surface area contributed by atoms with Gasteiger partial charge in [0.2, 0.25) is 0 Å². The average Bonchev–Trinajstić information content (AvgIpc) is 1.95. The van der Waals surface area contributed by atoms with E-state index in [0.29, 0.717) is 0 Å². The fourth-order valence-electron chi connectivity index (χ4n) is 1.64. The quantitative estimate of drug-likeness (QED) is 0.540. The Kier molecular flexibility index (Phi) is 2.72. The van der Waals surface area contributed by atoms with Gasteiger partial charge in [0.05, 0.1) is 0 Å². The van der Waals surface area contributed by atoms with Crippen molar-refractivity contribution in [2.24, 2.45) is 11.8 Å². The Morgan fingerprint density at radius 1 is 1.30 bits per heavy atom. The molecule has 1 unspecified atom stereocenters. The highest BCUT2D eigenvalue weighted by Crippen LogP contribution is 2.21. The summed E-state index contributed by atoms with van der Waals surface area (Å²) in [6, 6.07) is 0. The summed E-state index contributed by atoms with van der Waals surface area (Å²) >= 11 is 0. The first-order chi connectivity index (χ1) is 4.74. The lowest BCUT2D eigenvalue weighted by Gasteiger charge is -2.34. The molecular formula is C9H19N. The molecule has 1 nitrogen and oxygen atoms in total. The molecule has 0 radical (unpaired) electrons. The van der Waals surface area contributed by atoms with Crippen molar-refractivity contribution in [2.75, 3.05) is 19.6 Å². The summed E-state index contributed by atoms with van der Waals surface area (Å²) in [5.74, 6) is 1.86. The zero-order valence-corrected chi connectivity index (χ0v) is 7.43. The maximum Gasteiger partial charge on any atom is 0.000946 e. The molecule has 0 bridgehead atoms. The normalized spacial score (nSPS) is 36.3. The standard InChI is InChI=1S/C9H19N/c1-4-10-6-5-8(2)9(3)7-10/h8-9H,4-7H2,1-3H3/t8-,9?/m0/s1. The summed E-state index contributed by atoms with van der Waals surface area (Å²) in [6.45, 7) is 10.9. The lowest BCUT2D eigenvalue weighted by Crippen LogP contribution is -2.37. The van der Waals surface area contributed by atoms with Crippen LogP contribution < -0.4 is 0 Å². The number of hydrogen-bond acceptors (Lipinski definition) is 1. The van der Waals surface area contributed by atoms with Crippen molar-refractivity contribution in [3.05, 3.63) is 0 Å². The second-order valence-electron chi connectivity index (χ2n) is 3.64. The molecule has 0 aromatic heterocycles. The molecule has 1 aliphatic heterocycles. The highest BCUT2D eigenvalue weighted by atomic mass is 15.1. The third-order valence-electron chi connectivity index (χ3n) is 2.87. The smallest absolute Gasteiger partial charge is 0.000946 e. The highest BCUT2D eigenvalue weighted by Gasteiger charge is 2.20. The Morgan fingerprint density at radius 2 is 2.00 bits per heavy atom. The average molecular weight is 141 g/mol. The van der Waals surface area contributed by atoms with Crippen LogP contribution >= 0.6 is 0 Å². The SMILES string of the molecule is CCN1CC[C@H](C)C(C)C1. The van der Waals surface area contributed by atoms with Crippen molar-refractivity contribution in [3.8, 4) is 0 Å². The third kappa shape index (κ3) is 1.72. The fourth-order valence-corrected chi connectivity index (χ4v) is 1.64. The molecular weight excluding hydrogens is 122 g/mol. The predicted octanol–water partition coefficient (Wildman–Crippen LogP) is 1.98. The molecule has 1 heteroatoms.